The Hall–Kier alpha value is -1.49. The maximum atomic E-state index is 12.7. The van der Waals surface area contributed by atoms with Crippen molar-refractivity contribution in [2.45, 2.75) is 20.8 Å². The molecule has 0 radical (unpaired) electrons. The molecular weight excluding hydrogens is 239 g/mol. The van der Waals surface area contributed by atoms with Crippen molar-refractivity contribution in [3.05, 3.63) is 24.0 Å². The fourth-order valence-corrected chi connectivity index (χ4v) is 1.86. The Kier molecular flexibility index (Phi) is 5.03. The molecule has 0 unspecified atom stereocenters. The highest BCUT2D eigenvalue weighted by Crippen LogP contribution is 2.25. The Labute approximate surface area is 104 Å². The van der Waals surface area contributed by atoms with Crippen LogP contribution in [0.1, 0.15) is 20.8 Å². The molecule has 92 valence electrons. The number of halogens is 1. The Morgan fingerprint density at radius 3 is 2.65 bits per heavy atom. The van der Waals surface area contributed by atoms with Crippen LogP contribution in [0.2, 0.25) is 0 Å². The zero-order valence-corrected chi connectivity index (χ0v) is 10.8. The van der Waals surface area contributed by atoms with Gasteiger partial charge in [0.25, 0.3) is 0 Å². The van der Waals surface area contributed by atoms with E-state index in [0.29, 0.717) is 17.1 Å². The van der Waals surface area contributed by atoms with Crippen LogP contribution in [0.3, 0.4) is 0 Å². The quantitative estimate of drug-likeness (QED) is 0.831. The Morgan fingerprint density at radius 1 is 1.41 bits per heavy atom. The lowest BCUT2D eigenvalue weighted by molar-refractivity contribution is -0.105. The largest absolute Gasteiger partial charge is 0.305 e. The highest BCUT2D eigenvalue weighted by Gasteiger charge is 2.03. The van der Waals surface area contributed by atoms with Crippen LogP contribution in [-0.4, -0.2) is 11.4 Å². The highest BCUT2D eigenvalue weighted by atomic mass is 32.1. The molecule has 0 saturated heterocycles. The summed E-state index contributed by atoms with van der Waals surface area (Å²) in [6, 6.07) is 4.31. The summed E-state index contributed by atoms with van der Waals surface area (Å²) in [5, 5.41) is 2.90. The van der Waals surface area contributed by atoms with Crippen molar-refractivity contribution in [1.29, 1.82) is 0 Å². The number of rotatable bonds is 2. The maximum absolute atomic E-state index is 12.7. The third kappa shape index (κ3) is 4.48. The topological polar surface area (TPSA) is 42.0 Å². The summed E-state index contributed by atoms with van der Waals surface area (Å²) in [5.74, 6) is 0.536. The predicted octanol–water partition coefficient (Wildman–Crippen LogP) is 3.67. The predicted molar refractivity (Wildman–Crippen MR) is 69.8 cm³/mol. The molecule has 3 nitrogen and oxygen atoms in total. The van der Waals surface area contributed by atoms with E-state index >= 15 is 0 Å². The molecule has 0 aliphatic carbocycles. The van der Waals surface area contributed by atoms with Gasteiger partial charge in [-0.3, -0.25) is 4.79 Å². The second kappa shape index (κ2) is 6.30. The van der Waals surface area contributed by atoms with Crippen LogP contribution in [0.4, 0.5) is 9.52 Å². The molecule has 1 aromatic carbocycles. The van der Waals surface area contributed by atoms with E-state index in [4.69, 9.17) is 0 Å². The van der Waals surface area contributed by atoms with Crippen LogP contribution in [0.5, 0.6) is 0 Å². The van der Waals surface area contributed by atoms with Crippen molar-refractivity contribution in [2.75, 3.05) is 5.32 Å². The van der Waals surface area contributed by atoms with Gasteiger partial charge in [-0.1, -0.05) is 32.1 Å². The zero-order valence-electron chi connectivity index (χ0n) is 10.0. The van der Waals surface area contributed by atoms with E-state index in [-0.39, 0.29) is 5.82 Å². The summed E-state index contributed by atoms with van der Waals surface area (Å²) in [4.78, 5) is 14.2. The zero-order chi connectivity index (χ0) is 12.8. The first-order valence-corrected chi connectivity index (χ1v) is 6.11. The summed E-state index contributed by atoms with van der Waals surface area (Å²) in [6.07, 6.45) is 0.550. The number of amides is 1. The maximum Gasteiger partial charge on any atom is 0.213 e. The van der Waals surface area contributed by atoms with Gasteiger partial charge in [-0.2, -0.15) is 0 Å². The summed E-state index contributed by atoms with van der Waals surface area (Å²) >= 11 is 1.24. The van der Waals surface area contributed by atoms with Crippen molar-refractivity contribution in [2.24, 2.45) is 5.92 Å². The van der Waals surface area contributed by atoms with Crippen molar-refractivity contribution >= 4 is 33.1 Å². The fourth-order valence-electron chi connectivity index (χ4n) is 1.01. The van der Waals surface area contributed by atoms with Crippen molar-refractivity contribution in [3.8, 4) is 0 Å². The number of benzene rings is 1. The van der Waals surface area contributed by atoms with Crippen LogP contribution < -0.4 is 5.32 Å². The SMILES string of the molecule is CC(C)C.O=CNc1nc2ccc(F)cc2s1. The average molecular weight is 254 g/mol. The molecule has 1 N–H and O–H groups in total. The van der Waals surface area contributed by atoms with Crippen LogP contribution >= 0.6 is 11.3 Å². The van der Waals surface area contributed by atoms with Gasteiger partial charge in [0.1, 0.15) is 5.82 Å². The first-order chi connectivity index (χ1) is 8.02. The van der Waals surface area contributed by atoms with Crippen LogP contribution in [0.25, 0.3) is 10.2 Å². The Bertz CT molecular complexity index is 493. The van der Waals surface area contributed by atoms with Gasteiger partial charge in [0.05, 0.1) is 10.2 Å². The number of thiazole rings is 1. The minimum absolute atomic E-state index is 0.297. The number of carbonyl (C=O) groups is 1. The van der Waals surface area contributed by atoms with E-state index in [2.05, 4.69) is 31.1 Å². The van der Waals surface area contributed by atoms with Gasteiger partial charge >= 0.3 is 0 Å². The van der Waals surface area contributed by atoms with Crippen LogP contribution in [0.15, 0.2) is 18.2 Å². The molecule has 1 amide bonds. The van der Waals surface area contributed by atoms with E-state index in [1.54, 1.807) is 6.07 Å². The first kappa shape index (κ1) is 13.6. The molecule has 0 aliphatic rings. The third-order valence-electron chi connectivity index (χ3n) is 1.53. The molecular formula is C12H15FN2OS. The van der Waals surface area contributed by atoms with Gasteiger partial charge < -0.3 is 5.32 Å². The lowest BCUT2D eigenvalue weighted by Gasteiger charge is -1.85. The summed E-state index contributed by atoms with van der Waals surface area (Å²) in [6.45, 7) is 6.50. The van der Waals surface area contributed by atoms with Gasteiger partial charge in [0.2, 0.25) is 6.41 Å². The molecule has 1 aromatic heterocycles. The van der Waals surface area contributed by atoms with E-state index in [9.17, 15) is 9.18 Å². The fraction of sp³-hybridized carbons (Fsp3) is 0.333. The smallest absolute Gasteiger partial charge is 0.213 e. The first-order valence-electron chi connectivity index (χ1n) is 5.29. The van der Waals surface area contributed by atoms with Gasteiger partial charge in [-0.25, -0.2) is 9.37 Å². The van der Waals surface area contributed by atoms with Gasteiger partial charge in [0, 0.05) is 0 Å². The normalized spacial score (nSPS) is 9.94. The molecule has 0 aliphatic heterocycles. The molecule has 1 heterocycles. The minimum atomic E-state index is -0.297. The number of nitrogens with one attached hydrogen (secondary N) is 1. The standard InChI is InChI=1S/C8H5FN2OS.C4H10/c9-5-1-2-6-7(3-5)13-8(11-6)10-4-12;1-4(2)3/h1-4H,(H,10,11,12);4H,1-3H3. The van der Waals surface area contributed by atoms with Crippen molar-refractivity contribution in [1.82, 2.24) is 4.98 Å². The van der Waals surface area contributed by atoms with Crippen LogP contribution in [-0.2, 0) is 4.79 Å². The number of hydrogen-bond acceptors (Lipinski definition) is 3. The molecule has 0 atom stereocenters. The molecule has 0 fully saturated rings. The molecule has 0 spiro atoms. The van der Waals surface area contributed by atoms with Gasteiger partial charge in [-0.05, 0) is 24.1 Å². The second-order valence-electron chi connectivity index (χ2n) is 4.13. The monoisotopic (exact) mass is 254 g/mol. The second-order valence-corrected chi connectivity index (χ2v) is 5.16. The van der Waals surface area contributed by atoms with Crippen LogP contribution in [0, 0.1) is 11.7 Å². The van der Waals surface area contributed by atoms with E-state index < -0.39 is 0 Å². The Morgan fingerprint density at radius 2 is 2.06 bits per heavy atom. The lowest BCUT2D eigenvalue weighted by Crippen LogP contribution is -1.91. The number of anilines is 1. The van der Waals surface area contributed by atoms with Gasteiger partial charge in [-0.15, -0.1) is 0 Å². The van der Waals surface area contributed by atoms with Crippen molar-refractivity contribution < 1.29 is 9.18 Å². The lowest BCUT2D eigenvalue weighted by atomic mass is 10.3. The summed E-state index contributed by atoms with van der Waals surface area (Å²) in [7, 11) is 0. The van der Waals surface area contributed by atoms with E-state index in [0.717, 1.165) is 10.6 Å². The molecule has 5 heteroatoms. The summed E-state index contributed by atoms with van der Waals surface area (Å²) in [5.41, 5.74) is 0.691. The van der Waals surface area contributed by atoms with Gasteiger partial charge in [0.15, 0.2) is 5.13 Å². The summed E-state index contributed by atoms with van der Waals surface area (Å²) < 4.78 is 13.4. The number of aromatic nitrogens is 1. The van der Waals surface area contributed by atoms with E-state index in [1.165, 1.54) is 23.5 Å². The molecule has 2 rings (SSSR count). The molecule has 17 heavy (non-hydrogen) atoms. The number of hydrogen-bond donors (Lipinski definition) is 1. The number of nitrogens with zero attached hydrogens (tertiary/aromatic N) is 1. The Balaban J connectivity index is 0.000000317. The van der Waals surface area contributed by atoms with E-state index in [1.807, 2.05) is 0 Å². The molecule has 2 aromatic rings. The minimum Gasteiger partial charge on any atom is -0.305 e. The van der Waals surface area contributed by atoms with Crippen molar-refractivity contribution in [3.63, 3.8) is 0 Å². The molecule has 0 bridgehead atoms. The average Bonchev–Trinajstić information content (AvgIpc) is 2.59. The number of fused-ring (bicyclic) bond motifs is 1. The third-order valence-corrected chi connectivity index (χ3v) is 2.48. The number of carbonyl (C=O) groups excluding carboxylic acids is 1. The highest BCUT2D eigenvalue weighted by molar-refractivity contribution is 7.22. The molecule has 0 saturated carbocycles.